The highest BCUT2D eigenvalue weighted by molar-refractivity contribution is 7.86. The Morgan fingerprint density at radius 1 is 1.19 bits per heavy atom. The molecule has 0 radical (unpaired) electrons. The molecule has 1 aromatic heterocycles. The second-order valence-electron chi connectivity index (χ2n) is 5.11. The topological polar surface area (TPSA) is 56.5 Å². The van der Waals surface area contributed by atoms with Gasteiger partial charge in [-0.05, 0) is 37.1 Å². The first kappa shape index (κ1) is 15.8. The van der Waals surface area contributed by atoms with Crippen LogP contribution in [0.3, 0.4) is 0 Å². The quantitative estimate of drug-likeness (QED) is 0.734. The maximum atomic E-state index is 12.1. The van der Waals surface area contributed by atoms with Crippen LogP contribution in [-0.4, -0.2) is 15.0 Å². The number of hydrogen-bond acceptors (Lipinski definition) is 4. The van der Waals surface area contributed by atoms with Gasteiger partial charge in [0.1, 0.15) is 5.76 Å². The van der Waals surface area contributed by atoms with Gasteiger partial charge in [0.2, 0.25) is 0 Å². The van der Waals surface area contributed by atoms with Gasteiger partial charge in [-0.25, -0.2) is 0 Å². The fourth-order valence-electron chi connectivity index (χ4n) is 1.99. The molecule has 1 aromatic carbocycles. The van der Waals surface area contributed by atoms with Gasteiger partial charge < -0.3 is 4.42 Å². The molecule has 1 heterocycles. The van der Waals surface area contributed by atoms with Crippen molar-refractivity contribution in [2.45, 2.75) is 31.6 Å². The smallest absolute Gasteiger partial charge is 0.296 e. The van der Waals surface area contributed by atoms with Crippen LogP contribution in [0.1, 0.15) is 24.7 Å². The first-order valence-electron chi connectivity index (χ1n) is 6.99. The maximum absolute atomic E-state index is 12.1. The molecule has 0 amide bonds. The predicted octanol–water partition coefficient (Wildman–Crippen LogP) is 3.56. The molecular formula is C16H20O4S. The van der Waals surface area contributed by atoms with E-state index >= 15 is 0 Å². The zero-order valence-electron chi connectivity index (χ0n) is 12.3. The molecule has 5 heteroatoms. The lowest BCUT2D eigenvalue weighted by atomic mass is 10.0. The van der Waals surface area contributed by atoms with Crippen LogP contribution in [0.25, 0.3) is 0 Å². The van der Waals surface area contributed by atoms with Gasteiger partial charge in [-0.15, -0.1) is 0 Å². The average molecular weight is 308 g/mol. The Labute approximate surface area is 125 Å². The minimum Gasteiger partial charge on any atom is -0.469 e. The van der Waals surface area contributed by atoms with Crippen molar-refractivity contribution in [1.82, 2.24) is 0 Å². The Hall–Kier alpha value is -1.59. The van der Waals surface area contributed by atoms with E-state index in [0.29, 0.717) is 6.42 Å². The molecule has 0 fully saturated rings. The maximum Gasteiger partial charge on any atom is 0.296 e. The van der Waals surface area contributed by atoms with Crippen LogP contribution in [-0.2, 0) is 20.7 Å². The summed E-state index contributed by atoms with van der Waals surface area (Å²) >= 11 is 0. The van der Waals surface area contributed by atoms with Gasteiger partial charge in [-0.1, -0.05) is 31.0 Å². The molecule has 0 saturated carbocycles. The Morgan fingerprint density at radius 3 is 2.48 bits per heavy atom. The molecule has 21 heavy (non-hydrogen) atoms. The summed E-state index contributed by atoms with van der Waals surface area (Å²) in [4.78, 5) is 0.195. The van der Waals surface area contributed by atoms with E-state index in [-0.39, 0.29) is 17.4 Å². The van der Waals surface area contributed by atoms with Crippen molar-refractivity contribution in [3.8, 4) is 0 Å². The fourth-order valence-corrected chi connectivity index (χ4v) is 2.97. The molecule has 1 atom stereocenters. The summed E-state index contributed by atoms with van der Waals surface area (Å²) in [6.45, 7) is 4.08. The van der Waals surface area contributed by atoms with Crippen LogP contribution in [0.2, 0.25) is 0 Å². The number of hydrogen-bond donors (Lipinski definition) is 0. The van der Waals surface area contributed by atoms with Crippen LogP contribution in [0.5, 0.6) is 0 Å². The molecule has 4 nitrogen and oxygen atoms in total. The van der Waals surface area contributed by atoms with Gasteiger partial charge in [0.25, 0.3) is 10.1 Å². The van der Waals surface area contributed by atoms with Crippen molar-refractivity contribution in [2.24, 2.45) is 5.92 Å². The minimum absolute atomic E-state index is 0.108. The Balaban J connectivity index is 1.98. The summed E-state index contributed by atoms with van der Waals surface area (Å²) in [5, 5.41) is 0. The van der Waals surface area contributed by atoms with E-state index in [1.165, 1.54) is 0 Å². The first-order chi connectivity index (χ1) is 10.0. The van der Waals surface area contributed by atoms with Crippen LogP contribution in [0.15, 0.2) is 52.0 Å². The van der Waals surface area contributed by atoms with Crippen molar-refractivity contribution in [3.05, 3.63) is 54.0 Å². The number of benzene rings is 1. The predicted molar refractivity (Wildman–Crippen MR) is 80.5 cm³/mol. The SMILES string of the molecule is CC[C@H](COS(=O)(=O)c1ccc(C)cc1)Cc1ccco1. The zero-order chi connectivity index (χ0) is 15.3. The van der Waals surface area contributed by atoms with Gasteiger partial charge in [0.15, 0.2) is 0 Å². The van der Waals surface area contributed by atoms with Crippen molar-refractivity contribution in [2.75, 3.05) is 6.61 Å². The monoisotopic (exact) mass is 308 g/mol. The molecule has 2 rings (SSSR count). The summed E-state index contributed by atoms with van der Waals surface area (Å²) in [6, 6.07) is 10.4. The van der Waals surface area contributed by atoms with Gasteiger partial charge in [0.05, 0.1) is 17.8 Å². The molecule has 0 saturated heterocycles. The van der Waals surface area contributed by atoms with Crippen LogP contribution in [0.4, 0.5) is 0 Å². The number of rotatable bonds is 7. The standard InChI is InChI=1S/C16H20O4S/c1-3-14(11-15-5-4-10-19-15)12-20-21(17,18)16-8-6-13(2)7-9-16/h4-10,14H,3,11-12H2,1-2H3/t14-/m0/s1. The van der Waals surface area contributed by atoms with E-state index in [9.17, 15) is 8.42 Å². The lowest BCUT2D eigenvalue weighted by Gasteiger charge is -2.13. The van der Waals surface area contributed by atoms with E-state index in [1.54, 1.807) is 30.5 Å². The highest BCUT2D eigenvalue weighted by Crippen LogP contribution is 2.18. The summed E-state index contributed by atoms with van der Waals surface area (Å²) in [7, 11) is -3.69. The highest BCUT2D eigenvalue weighted by atomic mass is 32.2. The van der Waals surface area contributed by atoms with Crippen molar-refractivity contribution in [1.29, 1.82) is 0 Å². The first-order valence-corrected chi connectivity index (χ1v) is 8.40. The van der Waals surface area contributed by atoms with Gasteiger partial charge in [0, 0.05) is 6.42 Å². The largest absolute Gasteiger partial charge is 0.469 e. The molecule has 0 unspecified atom stereocenters. The molecule has 0 bridgehead atoms. The van der Waals surface area contributed by atoms with Gasteiger partial charge >= 0.3 is 0 Å². The third kappa shape index (κ3) is 4.44. The third-order valence-corrected chi connectivity index (χ3v) is 4.71. The van der Waals surface area contributed by atoms with E-state index in [2.05, 4.69) is 0 Å². The van der Waals surface area contributed by atoms with Crippen LogP contribution in [0, 0.1) is 12.8 Å². The minimum atomic E-state index is -3.69. The number of furan rings is 1. The Morgan fingerprint density at radius 2 is 1.90 bits per heavy atom. The van der Waals surface area contributed by atoms with E-state index < -0.39 is 10.1 Å². The van der Waals surface area contributed by atoms with Crippen molar-refractivity contribution in [3.63, 3.8) is 0 Å². The zero-order valence-corrected chi connectivity index (χ0v) is 13.1. The van der Waals surface area contributed by atoms with E-state index in [0.717, 1.165) is 17.7 Å². The summed E-state index contributed by atoms with van der Waals surface area (Å²) in [6.07, 6.45) is 3.11. The molecule has 0 aliphatic heterocycles. The molecule has 0 aliphatic carbocycles. The van der Waals surface area contributed by atoms with Gasteiger partial charge in [-0.3, -0.25) is 4.18 Å². The Kier molecular flexibility index (Phi) is 5.20. The van der Waals surface area contributed by atoms with Crippen molar-refractivity contribution < 1.29 is 17.0 Å². The number of aryl methyl sites for hydroxylation is 1. The van der Waals surface area contributed by atoms with E-state index in [4.69, 9.17) is 8.60 Å². The average Bonchev–Trinajstić information content (AvgIpc) is 2.97. The summed E-state index contributed by atoms with van der Waals surface area (Å²) < 4.78 is 34.7. The molecule has 0 spiro atoms. The molecular weight excluding hydrogens is 288 g/mol. The fraction of sp³-hybridized carbons (Fsp3) is 0.375. The van der Waals surface area contributed by atoms with Gasteiger partial charge in [-0.2, -0.15) is 8.42 Å². The second-order valence-corrected chi connectivity index (χ2v) is 6.72. The van der Waals surface area contributed by atoms with Crippen molar-refractivity contribution >= 4 is 10.1 Å². The molecule has 0 N–H and O–H groups in total. The lowest BCUT2D eigenvalue weighted by Crippen LogP contribution is -2.16. The molecule has 114 valence electrons. The summed E-state index contributed by atoms with van der Waals surface area (Å²) in [5.74, 6) is 0.953. The molecule has 0 aliphatic rings. The normalized spacial score (nSPS) is 13.2. The lowest BCUT2D eigenvalue weighted by molar-refractivity contribution is 0.242. The van der Waals surface area contributed by atoms with Crippen LogP contribution >= 0.6 is 0 Å². The highest BCUT2D eigenvalue weighted by Gasteiger charge is 2.18. The Bertz CT molecular complexity index is 642. The third-order valence-electron chi connectivity index (χ3n) is 3.42. The second kappa shape index (κ2) is 6.91. The summed E-state index contributed by atoms with van der Waals surface area (Å²) in [5.41, 5.74) is 1.01. The van der Waals surface area contributed by atoms with Crippen LogP contribution < -0.4 is 0 Å². The van der Waals surface area contributed by atoms with E-state index in [1.807, 2.05) is 26.0 Å². The molecule has 2 aromatic rings.